The molecule has 5 rings (SSSR count). The van der Waals surface area contributed by atoms with Crippen LogP contribution in [0.5, 0.6) is 0 Å². The first kappa shape index (κ1) is 25.0. The quantitative estimate of drug-likeness (QED) is 0.353. The van der Waals surface area contributed by atoms with Gasteiger partial charge in [-0.3, -0.25) is 0 Å². The van der Waals surface area contributed by atoms with Crippen LogP contribution < -0.4 is 4.90 Å². The lowest BCUT2D eigenvalue weighted by Crippen LogP contribution is -2.45. The van der Waals surface area contributed by atoms with Crippen LogP contribution in [0.15, 0.2) is 30.5 Å². The number of aromatic nitrogens is 4. The Balaban J connectivity index is 1.69. The number of nitrogens with zero attached hydrogens (tertiary/aromatic N) is 5. The maximum absolute atomic E-state index is 6.42. The number of benzene rings is 1. The van der Waals surface area contributed by atoms with Gasteiger partial charge in [-0.05, 0) is 50.7 Å². The highest BCUT2D eigenvalue weighted by atomic mass is 35.5. The predicted octanol–water partition coefficient (Wildman–Crippen LogP) is 6.21. The average molecular weight is 510 g/mol. The zero-order valence-electron chi connectivity index (χ0n) is 21.5. The van der Waals surface area contributed by atoms with Crippen LogP contribution in [-0.2, 0) is 16.0 Å². The zero-order valence-corrected chi connectivity index (χ0v) is 22.2. The van der Waals surface area contributed by atoms with Crippen molar-refractivity contribution in [2.24, 2.45) is 11.8 Å². The molecule has 0 N–H and O–H groups in total. The summed E-state index contributed by atoms with van der Waals surface area (Å²) in [7, 11) is 0. The molecule has 0 radical (unpaired) electrons. The molecule has 8 heteroatoms. The molecule has 36 heavy (non-hydrogen) atoms. The summed E-state index contributed by atoms with van der Waals surface area (Å²) in [6.45, 7) is 10.2. The van der Waals surface area contributed by atoms with Gasteiger partial charge in [-0.25, -0.2) is 9.97 Å². The highest BCUT2D eigenvalue weighted by Crippen LogP contribution is 2.36. The van der Waals surface area contributed by atoms with E-state index in [1.807, 2.05) is 25.1 Å². The van der Waals surface area contributed by atoms with Crippen LogP contribution in [0.1, 0.15) is 52.3 Å². The first-order chi connectivity index (χ1) is 17.5. The first-order valence-corrected chi connectivity index (χ1v) is 13.6. The van der Waals surface area contributed by atoms with Crippen LogP contribution in [0.3, 0.4) is 0 Å². The van der Waals surface area contributed by atoms with Crippen LogP contribution in [0.25, 0.3) is 28.5 Å². The molecule has 3 aromatic rings. The fraction of sp³-hybridized carbons (Fsp3) is 0.536. The highest BCUT2D eigenvalue weighted by molar-refractivity contribution is 6.30. The molecule has 1 aromatic carbocycles. The lowest BCUT2D eigenvalue weighted by molar-refractivity contribution is 0.0976. The molecule has 0 unspecified atom stereocenters. The molecule has 1 saturated heterocycles. The fourth-order valence-corrected chi connectivity index (χ4v) is 5.53. The predicted molar refractivity (Wildman–Crippen MR) is 145 cm³/mol. The van der Waals surface area contributed by atoms with Gasteiger partial charge in [0.2, 0.25) is 5.95 Å². The summed E-state index contributed by atoms with van der Waals surface area (Å²) >= 11 is 6.42. The number of hydrogen-bond acceptors (Lipinski definition) is 6. The fourth-order valence-electron chi connectivity index (χ4n) is 5.34. The Morgan fingerprint density at radius 2 is 1.97 bits per heavy atom. The summed E-state index contributed by atoms with van der Waals surface area (Å²) in [5.74, 6) is 2.95. The van der Waals surface area contributed by atoms with E-state index in [1.165, 1.54) is 25.7 Å². The maximum Gasteiger partial charge on any atom is 0.208 e. The van der Waals surface area contributed by atoms with E-state index in [4.69, 9.17) is 36.0 Å². The summed E-state index contributed by atoms with van der Waals surface area (Å²) in [5.41, 5.74) is 3.48. The number of fused-ring (bicyclic) bond motifs is 1. The lowest BCUT2D eigenvalue weighted by atomic mass is 9.83. The van der Waals surface area contributed by atoms with E-state index < -0.39 is 0 Å². The van der Waals surface area contributed by atoms with Gasteiger partial charge in [0.05, 0.1) is 32.1 Å². The minimum atomic E-state index is 0.237. The standard InChI is InChI=1S/C28H36ClN5O2/c1-4-35-14-12-24-30-25(22-6-5-7-23(29)16-22)26-27(31-24)32-28(33-13-15-36-18-20(33)3)34(26)17-21-10-8-19(2)9-11-21/h5-7,12,14,16,19-21H,4,8-11,13,15,17-18H2,1-3H3/t19-,20-,21-/m1/s1. The summed E-state index contributed by atoms with van der Waals surface area (Å²) in [4.78, 5) is 17.4. The van der Waals surface area contributed by atoms with Crippen LogP contribution in [0.4, 0.5) is 5.95 Å². The summed E-state index contributed by atoms with van der Waals surface area (Å²) < 4.78 is 13.6. The molecule has 2 fully saturated rings. The first-order valence-electron chi connectivity index (χ1n) is 13.2. The van der Waals surface area contributed by atoms with Gasteiger partial charge in [-0.2, -0.15) is 4.98 Å². The molecule has 7 nitrogen and oxygen atoms in total. The Morgan fingerprint density at radius 1 is 1.14 bits per heavy atom. The third-order valence-electron chi connectivity index (χ3n) is 7.38. The normalized spacial score (nSPS) is 23.0. The SMILES string of the molecule is CCOC=Cc1nc(-c2cccc(Cl)c2)c2c(n1)nc(N1CCOC[C@H]1C)n2C[C@H]1CC[C@H](C)CC1. The highest BCUT2D eigenvalue weighted by Gasteiger charge is 2.29. The van der Waals surface area contributed by atoms with Gasteiger partial charge in [-0.15, -0.1) is 0 Å². The Morgan fingerprint density at radius 3 is 2.72 bits per heavy atom. The van der Waals surface area contributed by atoms with Gasteiger partial charge >= 0.3 is 0 Å². The molecule has 1 atom stereocenters. The topological polar surface area (TPSA) is 65.3 Å². The second kappa shape index (κ2) is 11.2. The third kappa shape index (κ3) is 5.37. The average Bonchev–Trinajstić information content (AvgIpc) is 3.23. The number of anilines is 1. The largest absolute Gasteiger partial charge is 0.501 e. The number of imidazole rings is 1. The zero-order chi connectivity index (χ0) is 25.1. The van der Waals surface area contributed by atoms with E-state index >= 15 is 0 Å². The molecule has 0 spiro atoms. The van der Waals surface area contributed by atoms with E-state index in [9.17, 15) is 0 Å². The number of ether oxygens (including phenoxy) is 2. The van der Waals surface area contributed by atoms with Crippen molar-refractivity contribution in [1.82, 2.24) is 19.5 Å². The molecule has 2 aromatic heterocycles. The summed E-state index contributed by atoms with van der Waals surface area (Å²) in [6, 6.07) is 8.12. The van der Waals surface area contributed by atoms with Crippen molar-refractivity contribution in [3.63, 3.8) is 0 Å². The van der Waals surface area contributed by atoms with Crippen LogP contribution in [-0.4, -0.2) is 51.9 Å². The lowest BCUT2D eigenvalue weighted by Gasteiger charge is -2.35. The van der Waals surface area contributed by atoms with Gasteiger partial charge < -0.3 is 18.9 Å². The summed E-state index contributed by atoms with van der Waals surface area (Å²) in [5, 5.41) is 0.681. The molecule has 1 saturated carbocycles. The van der Waals surface area contributed by atoms with Crippen molar-refractivity contribution in [3.8, 4) is 11.3 Å². The Hall–Kier alpha value is -2.64. The molecule has 0 amide bonds. The Bertz CT molecular complexity index is 1220. The second-order valence-electron chi connectivity index (χ2n) is 10.1. The van der Waals surface area contributed by atoms with Crippen molar-refractivity contribution in [1.29, 1.82) is 0 Å². The number of hydrogen-bond donors (Lipinski definition) is 0. The Labute approximate surface area is 218 Å². The van der Waals surface area contributed by atoms with Gasteiger partial charge in [-0.1, -0.05) is 43.5 Å². The number of halogens is 1. The van der Waals surface area contributed by atoms with Crippen LogP contribution in [0, 0.1) is 11.8 Å². The molecule has 3 heterocycles. The smallest absolute Gasteiger partial charge is 0.208 e. The van der Waals surface area contributed by atoms with E-state index in [-0.39, 0.29) is 6.04 Å². The molecular weight excluding hydrogens is 474 g/mol. The van der Waals surface area contributed by atoms with Gasteiger partial charge in [0.1, 0.15) is 11.2 Å². The minimum Gasteiger partial charge on any atom is -0.501 e. The molecule has 1 aliphatic carbocycles. The molecule has 0 bridgehead atoms. The van der Waals surface area contributed by atoms with E-state index in [0.29, 0.717) is 42.2 Å². The Kier molecular flexibility index (Phi) is 7.77. The second-order valence-corrected chi connectivity index (χ2v) is 10.6. The van der Waals surface area contributed by atoms with Crippen molar-refractivity contribution in [2.75, 3.05) is 31.3 Å². The molecule has 1 aliphatic heterocycles. The van der Waals surface area contributed by atoms with E-state index in [2.05, 4.69) is 29.4 Å². The van der Waals surface area contributed by atoms with Crippen molar-refractivity contribution in [2.45, 2.75) is 59.0 Å². The monoisotopic (exact) mass is 509 g/mol. The van der Waals surface area contributed by atoms with Crippen molar-refractivity contribution in [3.05, 3.63) is 41.4 Å². The van der Waals surface area contributed by atoms with Crippen LogP contribution in [0.2, 0.25) is 5.02 Å². The van der Waals surface area contributed by atoms with Gasteiger partial charge in [0.15, 0.2) is 11.5 Å². The number of morpholine rings is 1. The van der Waals surface area contributed by atoms with Crippen LogP contribution >= 0.6 is 11.6 Å². The molecule has 2 aliphatic rings. The van der Waals surface area contributed by atoms with Crippen molar-refractivity contribution >= 4 is 34.8 Å². The maximum atomic E-state index is 6.42. The summed E-state index contributed by atoms with van der Waals surface area (Å²) in [6.07, 6.45) is 8.49. The third-order valence-corrected chi connectivity index (χ3v) is 7.61. The van der Waals surface area contributed by atoms with Crippen molar-refractivity contribution < 1.29 is 9.47 Å². The van der Waals surface area contributed by atoms with E-state index in [0.717, 1.165) is 41.7 Å². The number of rotatable bonds is 7. The van der Waals surface area contributed by atoms with Gasteiger partial charge in [0.25, 0.3) is 0 Å². The molecule has 192 valence electrons. The van der Waals surface area contributed by atoms with E-state index in [1.54, 1.807) is 12.3 Å². The van der Waals surface area contributed by atoms with Gasteiger partial charge in [0, 0.05) is 29.8 Å². The molecular formula is C28H36ClN5O2. The minimum absolute atomic E-state index is 0.237.